The second-order valence-electron chi connectivity index (χ2n) is 15.0. The normalized spacial score (nSPS) is 18.8. The van der Waals surface area contributed by atoms with E-state index in [2.05, 4.69) is 0 Å². The van der Waals surface area contributed by atoms with Gasteiger partial charge in [-0.1, -0.05) is 201 Å². The predicted molar refractivity (Wildman–Crippen MR) is 267 cm³/mol. The van der Waals surface area contributed by atoms with Crippen molar-refractivity contribution in [2.24, 2.45) is 0 Å². The lowest BCUT2D eigenvalue weighted by Gasteiger charge is -2.31. The first-order valence-corrected chi connectivity index (χ1v) is 19.9. The molecule has 2 nitrogen and oxygen atoms in total. The number of para-hydroxylation sites is 2. The molecule has 1 heterocycles. The van der Waals surface area contributed by atoms with Gasteiger partial charge >= 0.3 is 0 Å². The van der Waals surface area contributed by atoms with Crippen molar-refractivity contribution in [3.8, 4) is 50.2 Å². The minimum Gasteiger partial charge on any atom is -0.309 e. The summed E-state index contributed by atoms with van der Waals surface area (Å²) in [6.45, 7) is -7.73. The summed E-state index contributed by atoms with van der Waals surface area (Å²) in [7, 11) is 0. The Hall–Kier alpha value is -7.94. The third-order valence-electron chi connectivity index (χ3n) is 11.5. The molecule has 0 unspecified atom stereocenters. The van der Waals surface area contributed by atoms with E-state index in [1.807, 2.05) is 54.6 Å². The van der Waals surface area contributed by atoms with Crippen molar-refractivity contribution in [2.45, 2.75) is 19.1 Å². The molecular formula is C61H44N2. The van der Waals surface area contributed by atoms with Crippen molar-refractivity contribution in [1.29, 1.82) is 0 Å². The van der Waals surface area contributed by atoms with E-state index in [1.165, 1.54) is 6.07 Å². The second kappa shape index (κ2) is 14.6. The van der Waals surface area contributed by atoms with Crippen LogP contribution in [-0.4, -0.2) is 4.57 Å². The molecule has 10 aromatic carbocycles. The Kier molecular flexibility index (Phi) is 4.50. The van der Waals surface area contributed by atoms with Gasteiger partial charge in [-0.2, -0.15) is 0 Å². The van der Waals surface area contributed by atoms with Crippen molar-refractivity contribution in [2.75, 3.05) is 4.90 Å². The van der Waals surface area contributed by atoms with E-state index in [9.17, 15) is 16.4 Å². The fraction of sp³-hybridized carbons (Fsp3) is 0.0492. The molecule has 0 fully saturated rings. The Labute approximate surface area is 403 Å². The number of aromatic nitrogens is 1. The minimum absolute atomic E-state index is 0.176. The standard InChI is InChI=1S/C61H44N2/c1-61(2)53-24-13-11-23-52(53)60-54(61)25-15-27-56(60)63(48-37-38-51-50-22-12-14-26-55(50)62(58(51)40-48)47-19-7-4-8-20-47)57-39-36-45-18-9-10-21-49(45)59(57)46-34-32-44(33-35-46)43-30-28-42(29-31-43)41-16-5-3-6-17-41/h3-40H,1-2H3/i1D3,2D3,4D,7D,8D,11D,12D,13D,14D,15D,19D,20D,22D,23D,24D,25D,26D,27D,37D,38D,40D. The van der Waals surface area contributed by atoms with Gasteiger partial charge in [0.1, 0.15) is 0 Å². The van der Waals surface area contributed by atoms with Gasteiger partial charge in [0, 0.05) is 46.9 Å². The molecule has 11 aromatic rings. The van der Waals surface area contributed by atoms with Crippen LogP contribution >= 0.6 is 0 Å². The summed E-state index contributed by atoms with van der Waals surface area (Å²) < 4.78 is 234. The van der Waals surface area contributed by atoms with Gasteiger partial charge in [-0.05, 0) is 97.6 Å². The molecule has 12 rings (SSSR count). The molecule has 2 heteroatoms. The van der Waals surface area contributed by atoms with Gasteiger partial charge in [-0.15, -0.1) is 0 Å². The van der Waals surface area contributed by atoms with Gasteiger partial charge in [0.05, 0.1) is 48.5 Å². The third kappa shape index (κ3) is 5.94. The van der Waals surface area contributed by atoms with Gasteiger partial charge in [0.15, 0.2) is 0 Å². The number of rotatable bonds is 7. The number of benzene rings is 10. The minimum atomic E-state index is -3.86. The molecule has 298 valence electrons. The van der Waals surface area contributed by atoms with Crippen LogP contribution in [0.2, 0.25) is 0 Å². The third-order valence-corrected chi connectivity index (χ3v) is 11.5. The van der Waals surface area contributed by atoms with Crippen molar-refractivity contribution in [3.63, 3.8) is 0 Å². The van der Waals surface area contributed by atoms with E-state index in [1.54, 1.807) is 54.6 Å². The quantitative estimate of drug-likeness (QED) is 0.155. The van der Waals surface area contributed by atoms with E-state index in [0.717, 1.165) is 31.7 Å². The van der Waals surface area contributed by atoms with E-state index in [4.69, 9.17) is 17.8 Å². The highest BCUT2D eigenvalue weighted by atomic mass is 15.2. The maximum Gasteiger partial charge on any atom is 0.0667 e. The van der Waals surface area contributed by atoms with Crippen LogP contribution in [0.15, 0.2) is 230 Å². The number of hydrogen-bond acceptors (Lipinski definition) is 1. The summed E-state index contributed by atoms with van der Waals surface area (Å²) in [6.07, 6.45) is 0. The molecule has 1 aliphatic carbocycles. The van der Waals surface area contributed by atoms with E-state index < -0.39 is 195 Å². The Balaban J connectivity index is 1.31. The van der Waals surface area contributed by atoms with Crippen LogP contribution < -0.4 is 4.90 Å². The van der Waals surface area contributed by atoms with Gasteiger partial charge in [0.2, 0.25) is 0 Å². The molecule has 63 heavy (non-hydrogen) atoms. The van der Waals surface area contributed by atoms with Crippen LogP contribution in [0.25, 0.3) is 82.8 Å². The first kappa shape index (κ1) is 19.4. The van der Waals surface area contributed by atoms with Gasteiger partial charge in [-0.3, -0.25) is 0 Å². The maximum atomic E-state index is 10.6. The van der Waals surface area contributed by atoms with Crippen LogP contribution in [0.4, 0.5) is 17.1 Å². The predicted octanol–water partition coefficient (Wildman–Crippen LogP) is 16.7. The average molecular weight is 830 g/mol. The molecule has 0 atom stereocenters. The van der Waals surface area contributed by atoms with Crippen LogP contribution in [0, 0.1) is 0 Å². The van der Waals surface area contributed by atoms with Crippen molar-refractivity contribution in [3.05, 3.63) is 241 Å². The SMILES string of the molecule is [2H]c1c([2H])c([2H])c(-n2c3c([2H])c([2H])c([2H])c([2H])c3c3c([2H])c([2H])c(N(c4ccc5ccccc5c4-c4ccc(-c5ccc(-c6ccccc6)cc5)cc4)c4c([2H])c([2H])c([2H])c5c4-c4c([2H])c([2H])c([2H])c([2H])c4C5(C([2H])([2H])[2H])C([2H])([2H])[2H])c([2H])c32)c([2H])c1[2H]. The van der Waals surface area contributed by atoms with Crippen LogP contribution in [0.5, 0.6) is 0 Å². The summed E-state index contributed by atoms with van der Waals surface area (Å²) in [5.74, 6) is 0. The van der Waals surface area contributed by atoms with E-state index in [0.29, 0.717) is 16.3 Å². The monoisotopic (exact) mass is 830 g/mol. The highest BCUT2D eigenvalue weighted by Crippen LogP contribution is 2.55. The molecule has 0 aliphatic heterocycles. The zero-order valence-electron chi connectivity index (χ0n) is 57.9. The summed E-state index contributed by atoms with van der Waals surface area (Å²) >= 11 is 0. The lowest BCUT2D eigenvalue weighted by Crippen LogP contribution is -2.16. The summed E-state index contributed by atoms with van der Waals surface area (Å²) in [5, 5.41) is -0.0955. The van der Waals surface area contributed by atoms with Crippen LogP contribution in [-0.2, 0) is 5.41 Å². The van der Waals surface area contributed by atoms with E-state index in [-0.39, 0.29) is 11.3 Å². The molecule has 0 spiro atoms. The number of hydrogen-bond donors (Lipinski definition) is 0. The highest BCUT2D eigenvalue weighted by Gasteiger charge is 2.38. The van der Waals surface area contributed by atoms with Gasteiger partial charge in [-0.25, -0.2) is 0 Å². The smallest absolute Gasteiger partial charge is 0.0667 e. The zero-order valence-corrected chi connectivity index (χ0v) is 32.9. The van der Waals surface area contributed by atoms with Gasteiger partial charge in [0.25, 0.3) is 0 Å². The summed E-state index contributed by atoms with van der Waals surface area (Å²) in [4.78, 5) is 0.970. The Morgan fingerprint density at radius 2 is 1.08 bits per heavy atom. The second-order valence-corrected chi connectivity index (χ2v) is 15.0. The summed E-state index contributed by atoms with van der Waals surface area (Å²) in [5.41, 5.74) is -7.06. The van der Waals surface area contributed by atoms with Crippen molar-refractivity contribution in [1.82, 2.24) is 4.57 Å². The van der Waals surface area contributed by atoms with Crippen LogP contribution in [0.1, 0.15) is 59.1 Å². The molecule has 1 aromatic heterocycles. The fourth-order valence-electron chi connectivity index (χ4n) is 8.60. The molecule has 0 radical (unpaired) electrons. The molecule has 0 bridgehead atoms. The number of nitrogens with zero attached hydrogens (tertiary/aromatic N) is 2. The molecule has 0 saturated heterocycles. The largest absolute Gasteiger partial charge is 0.309 e. The molecule has 0 saturated carbocycles. The van der Waals surface area contributed by atoms with Gasteiger partial charge < -0.3 is 9.47 Å². The lowest BCUT2D eigenvalue weighted by atomic mass is 9.82. The topological polar surface area (TPSA) is 8.17 Å². The van der Waals surface area contributed by atoms with Crippen LogP contribution in [0.3, 0.4) is 0 Å². The fourth-order valence-corrected chi connectivity index (χ4v) is 8.60. The molecule has 0 N–H and O–H groups in total. The molecule has 0 amide bonds. The zero-order chi connectivity index (χ0) is 63.6. The maximum absolute atomic E-state index is 10.6. The average Bonchev–Trinajstić information content (AvgIpc) is 1.48. The first-order valence-electron chi connectivity index (χ1n) is 32.4. The lowest BCUT2D eigenvalue weighted by molar-refractivity contribution is 0.660. The number of fused-ring (bicyclic) bond motifs is 7. The van der Waals surface area contributed by atoms with E-state index >= 15 is 0 Å². The molecular weight excluding hydrogens is 761 g/mol. The van der Waals surface area contributed by atoms with Crippen molar-refractivity contribution < 1.29 is 34.3 Å². The Bertz CT molecular complexity index is 4820. The Morgan fingerprint density at radius 3 is 1.86 bits per heavy atom. The molecule has 1 aliphatic rings. The first-order chi connectivity index (χ1) is 41.4. The number of anilines is 3. The Morgan fingerprint density at radius 1 is 0.444 bits per heavy atom. The summed E-state index contributed by atoms with van der Waals surface area (Å²) in [6, 6.07) is 16.1. The van der Waals surface area contributed by atoms with Crippen molar-refractivity contribution >= 4 is 49.6 Å². The highest BCUT2D eigenvalue weighted by molar-refractivity contribution is 6.12.